The number of ether oxygens (including phenoxy) is 5. The molecular formula is C34H54O11. The van der Waals surface area contributed by atoms with Gasteiger partial charge in [-0.25, -0.2) is 19.6 Å². The number of hydrogen-bond acceptors (Lipinski definition) is 11. The molecule has 3 aliphatic carbocycles. The van der Waals surface area contributed by atoms with Crippen molar-refractivity contribution >= 4 is 11.9 Å². The van der Waals surface area contributed by atoms with Crippen LogP contribution < -0.4 is 0 Å². The van der Waals surface area contributed by atoms with E-state index in [1.807, 2.05) is 0 Å². The van der Waals surface area contributed by atoms with Crippen molar-refractivity contribution in [1.82, 2.24) is 0 Å². The highest BCUT2D eigenvalue weighted by Crippen LogP contribution is 2.44. The van der Waals surface area contributed by atoms with E-state index in [0.29, 0.717) is 88.7 Å². The minimum absolute atomic E-state index is 0.0292. The molecule has 6 aliphatic rings. The lowest BCUT2D eigenvalue weighted by atomic mass is 9.80. The Morgan fingerprint density at radius 2 is 1.09 bits per heavy atom. The Hall–Kier alpha value is -1.34. The van der Waals surface area contributed by atoms with Crippen molar-refractivity contribution in [3.8, 4) is 0 Å². The molecular weight excluding hydrogens is 584 g/mol. The maximum absolute atomic E-state index is 12.9. The molecule has 256 valence electrons. The summed E-state index contributed by atoms with van der Waals surface area (Å²) in [6, 6.07) is 0. The molecule has 6 fully saturated rings. The zero-order chi connectivity index (χ0) is 30.8. The van der Waals surface area contributed by atoms with Crippen LogP contribution in [0.2, 0.25) is 0 Å². The molecule has 3 saturated carbocycles. The molecule has 11 heteroatoms. The van der Waals surface area contributed by atoms with Crippen LogP contribution in [-0.2, 0) is 52.8 Å². The fourth-order valence-corrected chi connectivity index (χ4v) is 7.43. The normalized spacial score (nSPS) is 35.9. The fourth-order valence-electron chi connectivity index (χ4n) is 7.43. The second kappa shape index (κ2) is 17.2. The van der Waals surface area contributed by atoms with Crippen LogP contribution in [-0.4, -0.2) is 88.2 Å². The molecule has 3 aliphatic heterocycles. The predicted molar refractivity (Wildman–Crippen MR) is 160 cm³/mol. The van der Waals surface area contributed by atoms with Crippen LogP contribution in [0.5, 0.6) is 0 Å². The zero-order valence-electron chi connectivity index (χ0n) is 26.8. The van der Waals surface area contributed by atoms with Crippen molar-refractivity contribution in [1.29, 1.82) is 0 Å². The Balaban J connectivity index is 0.728. The second-order valence-corrected chi connectivity index (χ2v) is 14.1. The molecule has 0 amide bonds. The maximum Gasteiger partial charge on any atom is 0.309 e. The van der Waals surface area contributed by atoms with E-state index < -0.39 is 0 Å². The largest absolute Gasteiger partial charge is 0.465 e. The fraction of sp³-hybridized carbons (Fsp3) is 0.941. The minimum atomic E-state index is -0.234. The highest BCUT2D eigenvalue weighted by Gasteiger charge is 2.51. The predicted octanol–water partition coefficient (Wildman–Crippen LogP) is 5.02. The quantitative estimate of drug-likeness (QED) is 0.0522. The smallest absolute Gasteiger partial charge is 0.309 e. The SMILES string of the molecule is O=C(CCCCCOC(=O)C1CC2OC2CC1COOCCCCCCOOCC1CCC2OC2C1)OCC1CCC2OC2C1. The van der Waals surface area contributed by atoms with Gasteiger partial charge in [-0.15, -0.1) is 0 Å². The number of rotatable bonds is 22. The number of carbonyl (C=O) groups is 2. The number of esters is 2. The first kappa shape index (κ1) is 33.6. The van der Waals surface area contributed by atoms with Gasteiger partial charge in [0.2, 0.25) is 0 Å². The third-order valence-corrected chi connectivity index (χ3v) is 10.5. The monoisotopic (exact) mass is 638 g/mol. The molecule has 0 bridgehead atoms. The van der Waals surface area contributed by atoms with E-state index >= 15 is 0 Å². The molecule has 45 heavy (non-hydrogen) atoms. The van der Waals surface area contributed by atoms with Crippen LogP contribution in [0.4, 0.5) is 0 Å². The summed E-state index contributed by atoms with van der Waals surface area (Å²) in [6.45, 7) is 3.05. The van der Waals surface area contributed by atoms with Gasteiger partial charge >= 0.3 is 11.9 Å². The number of hydrogen-bond donors (Lipinski definition) is 0. The average molecular weight is 639 g/mol. The third kappa shape index (κ3) is 11.1. The highest BCUT2D eigenvalue weighted by atomic mass is 17.2. The van der Waals surface area contributed by atoms with Crippen LogP contribution >= 0.6 is 0 Å². The van der Waals surface area contributed by atoms with Crippen molar-refractivity contribution in [2.75, 3.05) is 39.6 Å². The van der Waals surface area contributed by atoms with Gasteiger partial charge in [0.1, 0.15) is 0 Å². The van der Waals surface area contributed by atoms with E-state index in [9.17, 15) is 9.59 Å². The van der Waals surface area contributed by atoms with Crippen molar-refractivity contribution < 1.29 is 52.8 Å². The van der Waals surface area contributed by atoms with Crippen LogP contribution in [0.15, 0.2) is 0 Å². The van der Waals surface area contributed by atoms with Crippen molar-refractivity contribution in [2.45, 2.75) is 139 Å². The Morgan fingerprint density at radius 3 is 1.80 bits per heavy atom. The third-order valence-electron chi connectivity index (χ3n) is 10.5. The lowest BCUT2D eigenvalue weighted by Gasteiger charge is -2.27. The Bertz CT molecular complexity index is 932. The first-order chi connectivity index (χ1) is 22.1. The first-order valence-corrected chi connectivity index (χ1v) is 17.9. The number of carbonyl (C=O) groups excluding carboxylic acids is 2. The average Bonchev–Trinajstić information content (AvgIpc) is 3.94. The van der Waals surface area contributed by atoms with Gasteiger partial charge < -0.3 is 23.7 Å². The van der Waals surface area contributed by atoms with E-state index in [1.165, 1.54) is 6.42 Å². The number of epoxide rings is 3. The molecule has 10 unspecified atom stereocenters. The van der Waals surface area contributed by atoms with Gasteiger partial charge in [-0.1, -0.05) is 12.8 Å². The summed E-state index contributed by atoms with van der Waals surface area (Å²) in [5.74, 6) is 0.487. The summed E-state index contributed by atoms with van der Waals surface area (Å²) in [6.07, 6.45) is 17.0. The molecule has 0 aromatic carbocycles. The molecule has 0 N–H and O–H groups in total. The standard InChI is InChI=1S/C34H54O11/c35-33(38-20-23-9-11-27-29(16-23)43-27)8-4-3-5-13-37-34(36)26-19-32-31(45-32)18-25(26)22-42-40-15-7-2-1-6-14-39-41-21-24-10-12-28-30(17-24)44-28/h23-32H,1-22H2. The molecule has 6 rings (SSSR count). The molecule has 0 aromatic heterocycles. The zero-order valence-corrected chi connectivity index (χ0v) is 26.8. The molecule has 3 heterocycles. The summed E-state index contributed by atoms with van der Waals surface area (Å²) in [5, 5.41) is 0. The van der Waals surface area contributed by atoms with E-state index in [-0.39, 0.29) is 36.0 Å². The molecule has 10 atom stereocenters. The van der Waals surface area contributed by atoms with E-state index in [0.717, 1.165) is 83.5 Å². The molecule has 0 spiro atoms. The summed E-state index contributed by atoms with van der Waals surface area (Å²) in [7, 11) is 0. The lowest BCUT2D eigenvalue weighted by molar-refractivity contribution is -0.305. The number of unbranched alkanes of at least 4 members (excludes halogenated alkanes) is 5. The van der Waals surface area contributed by atoms with Crippen LogP contribution in [0.3, 0.4) is 0 Å². The highest BCUT2D eigenvalue weighted by molar-refractivity contribution is 5.73. The molecule has 0 aromatic rings. The molecule has 11 nitrogen and oxygen atoms in total. The van der Waals surface area contributed by atoms with E-state index in [4.69, 9.17) is 43.2 Å². The molecule has 3 saturated heterocycles. The van der Waals surface area contributed by atoms with Gasteiger partial charge in [0.25, 0.3) is 0 Å². The molecule has 0 radical (unpaired) electrons. The minimum Gasteiger partial charge on any atom is -0.465 e. The van der Waals surface area contributed by atoms with Gasteiger partial charge in [0.15, 0.2) is 0 Å². The van der Waals surface area contributed by atoms with E-state index in [1.54, 1.807) is 0 Å². The van der Waals surface area contributed by atoms with Gasteiger partial charge in [-0.05, 0) is 95.3 Å². The van der Waals surface area contributed by atoms with Crippen molar-refractivity contribution in [3.63, 3.8) is 0 Å². The Kier molecular flexibility index (Phi) is 12.8. The van der Waals surface area contributed by atoms with Crippen molar-refractivity contribution in [3.05, 3.63) is 0 Å². The van der Waals surface area contributed by atoms with Gasteiger partial charge in [-0.2, -0.15) is 0 Å². The summed E-state index contributed by atoms with van der Waals surface area (Å²) in [4.78, 5) is 46.7. The van der Waals surface area contributed by atoms with E-state index in [2.05, 4.69) is 0 Å². The summed E-state index contributed by atoms with van der Waals surface area (Å²) in [5.41, 5.74) is 0. The maximum atomic E-state index is 12.9. The van der Waals surface area contributed by atoms with Crippen LogP contribution in [0, 0.1) is 23.7 Å². The first-order valence-electron chi connectivity index (χ1n) is 17.9. The Labute approximate surface area is 267 Å². The van der Waals surface area contributed by atoms with Gasteiger partial charge in [0, 0.05) is 12.3 Å². The van der Waals surface area contributed by atoms with Gasteiger partial charge in [0.05, 0.1) is 82.2 Å². The Morgan fingerprint density at radius 1 is 0.511 bits per heavy atom. The number of fused-ring (bicyclic) bond motifs is 3. The van der Waals surface area contributed by atoms with Crippen molar-refractivity contribution in [2.24, 2.45) is 23.7 Å². The van der Waals surface area contributed by atoms with Crippen LogP contribution in [0.1, 0.15) is 103 Å². The second-order valence-electron chi connectivity index (χ2n) is 14.1. The summed E-state index contributed by atoms with van der Waals surface area (Å²) < 4.78 is 27.9. The lowest BCUT2D eigenvalue weighted by Crippen LogP contribution is -2.35. The topological polar surface area (TPSA) is 127 Å². The van der Waals surface area contributed by atoms with Gasteiger partial charge in [-0.3, -0.25) is 9.59 Å². The summed E-state index contributed by atoms with van der Waals surface area (Å²) >= 11 is 0. The van der Waals surface area contributed by atoms with Crippen LogP contribution in [0.25, 0.3) is 0 Å².